The third-order valence-electron chi connectivity index (χ3n) is 6.85. The van der Waals surface area contributed by atoms with E-state index in [1.165, 1.54) is 0 Å². The second kappa shape index (κ2) is 7.87. The van der Waals surface area contributed by atoms with Crippen molar-refractivity contribution in [2.45, 2.75) is 34.6 Å². The zero-order valence-corrected chi connectivity index (χ0v) is 20.2. The van der Waals surface area contributed by atoms with Crippen LogP contribution in [-0.2, 0) is 4.79 Å². The first-order chi connectivity index (χ1) is 16.8. The molecule has 0 saturated carbocycles. The van der Waals surface area contributed by atoms with E-state index in [1.807, 2.05) is 58.9 Å². The summed E-state index contributed by atoms with van der Waals surface area (Å²) in [4.78, 5) is 49.0. The van der Waals surface area contributed by atoms with Gasteiger partial charge in [0.1, 0.15) is 0 Å². The zero-order valence-electron chi connectivity index (χ0n) is 20.2. The lowest BCUT2D eigenvalue weighted by Crippen LogP contribution is -2.34. The van der Waals surface area contributed by atoms with Gasteiger partial charge in [-0.05, 0) is 93.4 Å². The molecular weight excluding hydrogens is 440 g/mol. The largest absolute Gasteiger partial charge is 0.295 e. The number of imide groups is 2. The molecule has 1 aliphatic heterocycles. The highest BCUT2D eigenvalue weighted by Crippen LogP contribution is 2.46. The Morgan fingerprint density at radius 2 is 1.26 bits per heavy atom. The lowest BCUT2D eigenvalue weighted by Gasteiger charge is -2.24. The summed E-state index contributed by atoms with van der Waals surface area (Å²) in [7, 11) is 0. The number of aryl methyl sites for hydroxylation is 3. The van der Waals surface area contributed by atoms with Crippen LogP contribution in [0.5, 0.6) is 0 Å². The summed E-state index contributed by atoms with van der Waals surface area (Å²) in [5.74, 6) is -1.24. The monoisotopic (exact) mass is 464 g/mol. The minimum absolute atomic E-state index is 0.391. The second-order valence-corrected chi connectivity index (χ2v) is 8.70. The predicted molar refractivity (Wildman–Crippen MR) is 139 cm³/mol. The number of carbonyl (C=O) groups excluding carboxylic acids is 4. The van der Waals surface area contributed by atoms with E-state index in [9.17, 15) is 19.2 Å². The normalized spacial score (nSPS) is 12.7. The highest BCUT2D eigenvalue weighted by molar-refractivity contribution is 6.40. The molecule has 0 atom stereocenters. The van der Waals surface area contributed by atoms with Gasteiger partial charge in [0.25, 0.3) is 17.7 Å². The number of benzene rings is 5. The summed E-state index contributed by atoms with van der Waals surface area (Å²) >= 11 is 0. The first-order valence-corrected chi connectivity index (χ1v) is 11.6. The van der Waals surface area contributed by atoms with Crippen molar-refractivity contribution in [3.05, 3.63) is 69.8 Å². The van der Waals surface area contributed by atoms with E-state index in [1.54, 1.807) is 12.1 Å². The molecule has 0 saturated heterocycles. The molecule has 0 unspecified atom stereocenters. The number of fused-ring (bicyclic) bond motifs is 2. The van der Waals surface area contributed by atoms with Crippen LogP contribution in [0.2, 0.25) is 0 Å². The maximum Gasteiger partial charge on any atom is 0.258 e. The highest BCUT2D eigenvalue weighted by Gasteiger charge is 2.29. The van der Waals surface area contributed by atoms with Gasteiger partial charge in [-0.15, -0.1) is 0 Å². The van der Waals surface area contributed by atoms with Crippen LogP contribution in [-0.4, -0.2) is 24.1 Å². The molecule has 1 heterocycles. The van der Waals surface area contributed by atoms with Crippen LogP contribution < -0.4 is 10.6 Å². The number of hydrogen-bond acceptors (Lipinski definition) is 4. The van der Waals surface area contributed by atoms with Crippen LogP contribution in [0.4, 0.5) is 0 Å². The van der Waals surface area contributed by atoms with Crippen molar-refractivity contribution in [2.75, 3.05) is 0 Å². The first kappa shape index (κ1) is 22.5. The number of carbonyl (C=O) groups is 4. The zero-order chi connectivity index (χ0) is 25.2. The molecule has 5 aromatic rings. The van der Waals surface area contributed by atoms with Crippen LogP contribution in [0.3, 0.4) is 0 Å². The molecule has 6 nitrogen and oxygen atoms in total. The minimum Gasteiger partial charge on any atom is -0.295 e. The smallest absolute Gasteiger partial charge is 0.258 e. The molecule has 0 bridgehead atoms. The summed E-state index contributed by atoms with van der Waals surface area (Å²) < 4.78 is 0. The third-order valence-corrected chi connectivity index (χ3v) is 6.85. The third kappa shape index (κ3) is 2.89. The van der Waals surface area contributed by atoms with Crippen LogP contribution in [0.1, 0.15) is 61.6 Å². The molecule has 1 aliphatic rings. The predicted octanol–water partition coefficient (Wildman–Crippen LogP) is 5.46. The molecular formula is C29H24N2O4. The molecule has 0 aromatic heterocycles. The van der Waals surface area contributed by atoms with Gasteiger partial charge in [0.05, 0.1) is 0 Å². The Morgan fingerprint density at radius 3 is 1.91 bits per heavy atom. The molecule has 6 heteroatoms. The van der Waals surface area contributed by atoms with Crippen LogP contribution >= 0.6 is 0 Å². The van der Waals surface area contributed by atoms with E-state index in [4.69, 9.17) is 0 Å². The van der Waals surface area contributed by atoms with E-state index in [2.05, 4.69) is 10.6 Å². The summed E-state index contributed by atoms with van der Waals surface area (Å²) in [6, 6.07) is 11.2. The molecule has 4 amide bonds. The van der Waals surface area contributed by atoms with Gasteiger partial charge < -0.3 is 0 Å². The first-order valence-electron chi connectivity index (χ1n) is 11.6. The summed E-state index contributed by atoms with van der Waals surface area (Å²) in [6.45, 7) is 9.94. The van der Waals surface area contributed by atoms with Crippen LogP contribution in [0, 0.1) is 20.8 Å². The summed E-state index contributed by atoms with van der Waals surface area (Å²) in [5.41, 5.74) is 4.29. The number of hydrogen-bond donors (Lipinski definition) is 2. The summed E-state index contributed by atoms with van der Waals surface area (Å²) in [6.07, 6.45) is 0.391. The van der Waals surface area contributed by atoms with Gasteiger partial charge in [-0.25, -0.2) is 0 Å². The fourth-order valence-electron chi connectivity index (χ4n) is 5.68. The quantitative estimate of drug-likeness (QED) is 0.157. The molecule has 6 rings (SSSR count). The number of amides is 4. The number of nitrogens with one attached hydrogen (secondary N) is 2. The molecule has 0 fully saturated rings. The fraction of sp³-hybridized carbons (Fsp3) is 0.172. The SMILES string of the molecule is CC.Cc1cc(C)c2c3ccc4c5c(cc(C)c(c6ccc(C(=O)NC=O)c1c62)c53)C(=O)NC4=O. The average Bonchev–Trinajstić information content (AvgIpc) is 2.84. The Balaban J connectivity index is 0.00000124. The fourth-order valence-corrected chi connectivity index (χ4v) is 5.68. The Labute approximate surface area is 201 Å². The summed E-state index contributed by atoms with van der Waals surface area (Å²) in [5, 5.41) is 11.8. The molecule has 0 radical (unpaired) electrons. The molecule has 174 valence electrons. The van der Waals surface area contributed by atoms with Gasteiger partial charge in [0.15, 0.2) is 0 Å². The lowest BCUT2D eigenvalue weighted by molar-refractivity contribution is -0.108. The van der Waals surface area contributed by atoms with E-state index in [0.29, 0.717) is 28.5 Å². The molecule has 5 aromatic carbocycles. The van der Waals surface area contributed by atoms with Crippen molar-refractivity contribution < 1.29 is 19.2 Å². The Kier molecular flexibility index (Phi) is 5.06. The van der Waals surface area contributed by atoms with Gasteiger partial charge in [0.2, 0.25) is 6.41 Å². The van der Waals surface area contributed by atoms with E-state index in [-0.39, 0.29) is 0 Å². The highest BCUT2D eigenvalue weighted by atomic mass is 16.2. The average molecular weight is 465 g/mol. The Hall–Kier alpha value is -4.32. The number of rotatable bonds is 2. The van der Waals surface area contributed by atoms with Crippen molar-refractivity contribution in [3.8, 4) is 0 Å². The molecule has 0 spiro atoms. The molecule has 0 aliphatic carbocycles. The topological polar surface area (TPSA) is 92.3 Å². The Morgan fingerprint density at radius 1 is 0.714 bits per heavy atom. The van der Waals surface area contributed by atoms with Crippen molar-refractivity contribution in [1.29, 1.82) is 0 Å². The van der Waals surface area contributed by atoms with E-state index >= 15 is 0 Å². The maximum atomic E-state index is 12.7. The second-order valence-electron chi connectivity index (χ2n) is 8.70. The van der Waals surface area contributed by atoms with Crippen molar-refractivity contribution in [1.82, 2.24) is 10.6 Å². The molecule has 2 N–H and O–H groups in total. The van der Waals surface area contributed by atoms with E-state index < -0.39 is 17.7 Å². The van der Waals surface area contributed by atoms with E-state index in [0.717, 1.165) is 54.4 Å². The molecule has 35 heavy (non-hydrogen) atoms. The van der Waals surface area contributed by atoms with Gasteiger partial charge in [-0.1, -0.05) is 32.0 Å². The maximum absolute atomic E-state index is 12.7. The van der Waals surface area contributed by atoms with Gasteiger partial charge in [-0.3, -0.25) is 29.8 Å². The standard InChI is InChI=1S/C27H18N2O4.C2H6/c1-11-8-12(2)21-16(25(31)28-10-30)6-4-14-20-13(3)9-18-22-17(26(32)29-27(18)33)7-5-15(24(20)22)19(11)23(14)21;1-2/h4-10H,1-3H3,(H,28,30,31)(H,29,32,33);1-2H3. The van der Waals surface area contributed by atoms with Gasteiger partial charge >= 0.3 is 0 Å². The lowest BCUT2D eigenvalue weighted by atomic mass is 9.81. The van der Waals surface area contributed by atoms with Gasteiger partial charge in [0, 0.05) is 22.1 Å². The van der Waals surface area contributed by atoms with Crippen LogP contribution in [0.15, 0.2) is 36.4 Å². The minimum atomic E-state index is -0.454. The van der Waals surface area contributed by atoms with Gasteiger partial charge in [-0.2, -0.15) is 0 Å². The Bertz CT molecular complexity index is 1760. The van der Waals surface area contributed by atoms with Crippen molar-refractivity contribution in [2.24, 2.45) is 0 Å². The van der Waals surface area contributed by atoms with Crippen LogP contribution in [0.25, 0.3) is 43.1 Å². The van der Waals surface area contributed by atoms with Crippen molar-refractivity contribution in [3.63, 3.8) is 0 Å². The van der Waals surface area contributed by atoms with Crippen molar-refractivity contribution >= 4 is 67.2 Å².